The van der Waals surface area contributed by atoms with E-state index in [0.29, 0.717) is 52.2 Å². The van der Waals surface area contributed by atoms with Crippen LogP contribution < -0.4 is 15.4 Å². The van der Waals surface area contributed by atoms with E-state index in [1.807, 2.05) is 48.1 Å². The fourth-order valence-corrected chi connectivity index (χ4v) is 4.13. The van der Waals surface area contributed by atoms with Crippen molar-refractivity contribution < 1.29 is 14.3 Å². The third-order valence-corrected chi connectivity index (χ3v) is 5.93. The molecule has 1 aliphatic rings. The fraction of sp³-hybridized carbons (Fsp3) is 0.160. The zero-order valence-electron chi connectivity index (χ0n) is 18.6. The zero-order valence-corrected chi connectivity index (χ0v) is 19.4. The summed E-state index contributed by atoms with van der Waals surface area (Å²) in [6.07, 6.45) is 5.73. The van der Waals surface area contributed by atoms with Crippen molar-refractivity contribution in [3.8, 4) is 11.5 Å². The minimum Gasteiger partial charge on any atom is -0.466 e. The van der Waals surface area contributed by atoms with Gasteiger partial charge in [0, 0.05) is 36.4 Å². The molecule has 1 aliphatic heterocycles. The van der Waals surface area contributed by atoms with Crippen LogP contribution in [0.4, 0.5) is 17.3 Å². The largest absolute Gasteiger partial charge is 0.466 e. The van der Waals surface area contributed by atoms with Gasteiger partial charge in [-0.15, -0.1) is 0 Å². The number of hydrogen-bond donors (Lipinski definition) is 2. The van der Waals surface area contributed by atoms with Crippen LogP contribution in [0.2, 0.25) is 5.02 Å². The molecule has 0 atom stereocenters. The summed E-state index contributed by atoms with van der Waals surface area (Å²) in [4.78, 5) is 20.8. The monoisotopic (exact) mass is 475 g/mol. The number of esters is 1. The number of aromatic nitrogens is 3. The van der Waals surface area contributed by atoms with E-state index in [0.717, 1.165) is 16.7 Å². The average molecular weight is 476 g/mol. The van der Waals surface area contributed by atoms with E-state index in [1.165, 1.54) is 13.4 Å². The summed E-state index contributed by atoms with van der Waals surface area (Å²) in [7, 11) is 3.36. The summed E-state index contributed by atoms with van der Waals surface area (Å²) >= 11 is 6.57. The highest BCUT2D eigenvalue weighted by Gasteiger charge is 2.19. The second kappa shape index (κ2) is 9.07. The maximum Gasteiger partial charge on any atom is 0.333 e. The number of nitrogens with zero attached hydrogens (tertiary/aromatic N) is 3. The van der Waals surface area contributed by atoms with Crippen molar-refractivity contribution in [2.24, 2.45) is 7.05 Å². The molecule has 8 nitrogen and oxygen atoms in total. The molecule has 0 saturated carbocycles. The highest BCUT2D eigenvalue weighted by atomic mass is 35.5. The summed E-state index contributed by atoms with van der Waals surface area (Å²) in [5, 5.41) is 7.95. The van der Waals surface area contributed by atoms with Crippen LogP contribution in [0.25, 0.3) is 17.0 Å². The molecule has 0 spiro atoms. The highest BCUT2D eigenvalue weighted by molar-refractivity contribution is 6.32. The van der Waals surface area contributed by atoms with Crippen LogP contribution in [0.15, 0.2) is 60.6 Å². The molecule has 0 bridgehead atoms. The molecule has 0 fully saturated rings. The molecule has 2 aromatic heterocycles. The third-order valence-electron chi connectivity index (χ3n) is 5.64. The molecule has 2 aromatic carbocycles. The topological polar surface area (TPSA) is 90.3 Å². The van der Waals surface area contributed by atoms with Crippen LogP contribution in [0.1, 0.15) is 12.0 Å². The second-order valence-corrected chi connectivity index (χ2v) is 8.22. The van der Waals surface area contributed by atoms with Gasteiger partial charge >= 0.3 is 5.97 Å². The molecule has 0 aliphatic carbocycles. The standard InChI is InChI=1S/C25H22ClN5O3/c1-31-11-9-17-20(31)4-3-5-21(17)34-22-7-6-16(13-19(22)26)30-24-18-12-15(25(32)33-2)8-10-27-23(18)28-14-29-24/h3-7,9,11-14H,8,10H2,1-2H3,(H2,27,28,29,30). The van der Waals surface area contributed by atoms with E-state index < -0.39 is 0 Å². The lowest BCUT2D eigenvalue weighted by atomic mass is 10.1. The molecule has 34 heavy (non-hydrogen) atoms. The number of ether oxygens (including phenoxy) is 2. The van der Waals surface area contributed by atoms with Crippen LogP contribution in [0.3, 0.4) is 0 Å². The summed E-state index contributed by atoms with van der Waals surface area (Å²) in [5.74, 6) is 2.08. The molecule has 9 heteroatoms. The Labute approximate surface area is 201 Å². The van der Waals surface area contributed by atoms with Crippen molar-refractivity contribution in [3.63, 3.8) is 0 Å². The van der Waals surface area contributed by atoms with E-state index >= 15 is 0 Å². The number of anilines is 3. The van der Waals surface area contributed by atoms with Gasteiger partial charge in [0.2, 0.25) is 0 Å². The number of aryl methyl sites for hydroxylation is 1. The minimum atomic E-state index is -0.373. The maximum atomic E-state index is 12.1. The van der Waals surface area contributed by atoms with Gasteiger partial charge in [-0.3, -0.25) is 0 Å². The van der Waals surface area contributed by atoms with Gasteiger partial charge in [-0.05, 0) is 48.9 Å². The lowest BCUT2D eigenvalue weighted by Crippen LogP contribution is -2.08. The Morgan fingerprint density at radius 2 is 2.06 bits per heavy atom. The SMILES string of the molecule is COC(=O)C1=Cc2c(ncnc2Nc2ccc(Oc3cccc4c3ccn4C)c(Cl)c2)NCC1. The van der Waals surface area contributed by atoms with Gasteiger partial charge in [0.1, 0.15) is 29.5 Å². The highest BCUT2D eigenvalue weighted by Crippen LogP contribution is 2.36. The van der Waals surface area contributed by atoms with E-state index in [2.05, 4.69) is 20.6 Å². The Kier molecular flexibility index (Phi) is 5.81. The zero-order chi connectivity index (χ0) is 23.7. The molecular formula is C25H22ClN5O3. The van der Waals surface area contributed by atoms with Crippen molar-refractivity contribution >= 4 is 51.9 Å². The number of carbonyl (C=O) groups is 1. The Bertz CT molecular complexity index is 1430. The third kappa shape index (κ3) is 4.15. The number of rotatable bonds is 5. The predicted octanol–water partition coefficient (Wildman–Crippen LogP) is 5.53. The summed E-state index contributed by atoms with van der Waals surface area (Å²) in [6.45, 7) is 0.566. The van der Waals surface area contributed by atoms with Gasteiger partial charge in [0.05, 0.1) is 23.2 Å². The van der Waals surface area contributed by atoms with Gasteiger partial charge in [0.15, 0.2) is 0 Å². The van der Waals surface area contributed by atoms with Crippen molar-refractivity contribution in [3.05, 3.63) is 71.1 Å². The Morgan fingerprint density at radius 3 is 2.88 bits per heavy atom. The molecular weight excluding hydrogens is 454 g/mol. The maximum absolute atomic E-state index is 12.1. The number of nitrogens with one attached hydrogen (secondary N) is 2. The first-order valence-corrected chi connectivity index (χ1v) is 11.1. The first-order valence-electron chi connectivity index (χ1n) is 10.7. The summed E-state index contributed by atoms with van der Waals surface area (Å²) in [5.41, 5.74) is 3.01. The molecule has 172 valence electrons. The number of benzene rings is 2. The molecule has 0 saturated heterocycles. The van der Waals surface area contributed by atoms with Crippen molar-refractivity contribution in [1.29, 1.82) is 0 Å². The van der Waals surface area contributed by atoms with Crippen LogP contribution in [0, 0.1) is 0 Å². The first-order chi connectivity index (χ1) is 16.5. The number of carbonyl (C=O) groups excluding carboxylic acids is 1. The Hall–Kier alpha value is -4.04. The van der Waals surface area contributed by atoms with E-state index in [9.17, 15) is 4.79 Å². The van der Waals surface area contributed by atoms with E-state index in [-0.39, 0.29) is 5.97 Å². The van der Waals surface area contributed by atoms with E-state index in [4.69, 9.17) is 21.1 Å². The molecule has 2 N–H and O–H groups in total. The van der Waals surface area contributed by atoms with Crippen molar-refractivity contribution in [2.45, 2.75) is 6.42 Å². The average Bonchev–Trinajstić information content (AvgIpc) is 3.08. The Balaban J connectivity index is 1.43. The number of hydrogen-bond acceptors (Lipinski definition) is 7. The van der Waals surface area contributed by atoms with Gasteiger partial charge < -0.3 is 24.7 Å². The van der Waals surface area contributed by atoms with Gasteiger partial charge in [-0.2, -0.15) is 0 Å². The lowest BCUT2D eigenvalue weighted by Gasteiger charge is -2.13. The van der Waals surface area contributed by atoms with E-state index in [1.54, 1.807) is 18.2 Å². The summed E-state index contributed by atoms with van der Waals surface area (Å²) in [6, 6.07) is 13.4. The minimum absolute atomic E-state index is 0.373. The molecule has 5 rings (SSSR count). The molecule has 3 heterocycles. The number of methoxy groups -OCH3 is 1. The predicted molar refractivity (Wildman–Crippen MR) is 133 cm³/mol. The van der Waals surface area contributed by atoms with Crippen molar-refractivity contribution in [1.82, 2.24) is 14.5 Å². The normalized spacial score (nSPS) is 12.9. The quantitative estimate of drug-likeness (QED) is 0.367. The van der Waals surface area contributed by atoms with Gasteiger partial charge in [-0.25, -0.2) is 14.8 Å². The van der Waals surface area contributed by atoms with Gasteiger partial charge in [0.25, 0.3) is 0 Å². The van der Waals surface area contributed by atoms with Crippen LogP contribution in [-0.4, -0.2) is 34.2 Å². The van der Waals surface area contributed by atoms with Crippen LogP contribution in [0.5, 0.6) is 11.5 Å². The van der Waals surface area contributed by atoms with Crippen LogP contribution in [-0.2, 0) is 16.6 Å². The van der Waals surface area contributed by atoms with Crippen LogP contribution >= 0.6 is 11.6 Å². The lowest BCUT2D eigenvalue weighted by molar-refractivity contribution is -0.136. The van der Waals surface area contributed by atoms with Gasteiger partial charge in [-0.1, -0.05) is 17.7 Å². The summed E-state index contributed by atoms with van der Waals surface area (Å²) < 4.78 is 13.1. The second-order valence-electron chi connectivity index (χ2n) is 7.81. The molecule has 0 amide bonds. The molecule has 0 radical (unpaired) electrons. The smallest absolute Gasteiger partial charge is 0.333 e. The van der Waals surface area contributed by atoms with Crippen molar-refractivity contribution in [2.75, 3.05) is 24.3 Å². The number of halogens is 1. The number of fused-ring (bicyclic) bond motifs is 2. The fourth-order valence-electron chi connectivity index (χ4n) is 3.91. The Morgan fingerprint density at radius 1 is 1.18 bits per heavy atom. The first kappa shape index (κ1) is 21.8. The molecule has 0 unspecified atom stereocenters. The molecule has 4 aromatic rings.